The van der Waals surface area contributed by atoms with Gasteiger partial charge in [-0.15, -0.1) is 11.8 Å². The summed E-state index contributed by atoms with van der Waals surface area (Å²) in [4.78, 5) is 0. The van der Waals surface area contributed by atoms with E-state index in [0.717, 1.165) is 30.0 Å². The van der Waals surface area contributed by atoms with Crippen molar-refractivity contribution >= 4 is 11.8 Å². The molecule has 0 bridgehead atoms. The zero-order valence-electron chi connectivity index (χ0n) is 7.84. The van der Waals surface area contributed by atoms with Gasteiger partial charge in [0.05, 0.1) is 10.9 Å². The van der Waals surface area contributed by atoms with Gasteiger partial charge in [-0.05, 0) is 17.7 Å². The number of halogens is 3. The van der Waals surface area contributed by atoms with Crippen LogP contribution >= 0.6 is 11.8 Å². The van der Waals surface area contributed by atoms with E-state index in [-0.39, 0.29) is 5.37 Å². The van der Waals surface area contributed by atoms with Crippen molar-refractivity contribution in [2.24, 2.45) is 0 Å². The highest BCUT2D eigenvalue weighted by Crippen LogP contribution is 2.33. The van der Waals surface area contributed by atoms with Crippen LogP contribution in [0.2, 0.25) is 0 Å². The second kappa shape index (κ2) is 4.06. The van der Waals surface area contributed by atoms with Gasteiger partial charge in [-0.1, -0.05) is 12.1 Å². The first-order chi connectivity index (χ1) is 7.07. The third-order valence-corrected chi connectivity index (χ3v) is 3.47. The molecule has 15 heavy (non-hydrogen) atoms. The smallest absolute Gasteiger partial charge is 0.301 e. The van der Waals surface area contributed by atoms with E-state index in [0.29, 0.717) is 0 Å². The average Bonchev–Trinajstić information content (AvgIpc) is 2.69. The Kier molecular flexibility index (Phi) is 2.93. The van der Waals surface area contributed by atoms with Crippen LogP contribution in [0.25, 0.3) is 0 Å². The van der Waals surface area contributed by atoms with Gasteiger partial charge >= 0.3 is 6.18 Å². The Balaban J connectivity index is 2.16. The molecule has 0 radical (unpaired) electrons. The van der Waals surface area contributed by atoms with Crippen LogP contribution in [0.4, 0.5) is 13.2 Å². The summed E-state index contributed by atoms with van der Waals surface area (Å²) in [6.45, 7) is 0.913. The van der Waals surface area contributed by atoms with Gasteiger partial charge in [0.2, 0.25) is 0 Å². The molecule has 1 aliphatic rings. The first kappa shape index (κ1) is 10.8. The highest BCUT2D eigenvalue weighted by atomic mass is 32.2. The van der Waals surface area contributed by atoms with Crippen molar-refractivity contribution in [1.82, 2.24) is 5.32 Å². The lowest BCUT2D eigenvalue weighted by Gasteiger charge is -2.11. The minimum atomic E-state index is -4.24. The summed E-state index contributed by atoms with van der Waals surface area (Å²) in [7, 11) is 0. The lowest BCUT2D eigenvalue weighted by molar-refractivity contribution is -0.137. The van der Waals surface area contributed by atoms with Crippen LogP contribution in [0.1, 0.15) is 16.5 Å². The van der Waals surface area contributed by atoms with Gasteiger partial charge in [-0.25, -0.2) is 0 Å². The number of hydrogen-bond donors (Lipinski definition) is 1. The molecule has 1 aliphatic heterocycles. The molecule has 0 aromatic heterocycles. The van der Waals surface area contributed by atoms with Gasteiger partial charge in [-0.3, -0.25) is 0 Å². The second-order valence-corrected chi connectivity index (χ2v) is 4.54. The molecule has 1 atom stereocenters. The third-order valence-electron chi connectivity index (χ3n) is 2.26. The summed E-state index contributed by atoms with van der Waals surface area (Å²) >= 11 is 1.72. The standard InChI is InChI=1S/C10H10F3NS/c11-10(12,13)8-3-1-7(2-4-8)9-14-5-6-15-9/h1-4,9,14H,5-6H2/t9-/m0/s1. The lowest BCUT2D eigenvalue weighted by Crippen LogP contribution is -2.12. The number of alkyl halides is 3. The largest absolute Gasteiger partial charge is 0.416 e. The summed E-state index contributed by atoms with van der Waals surface area (Å²) in [5.74, 6) is 1.01. The maximum atomic E-state index is 12.3. The fourth-order valence-corrected chi connectivity index (χ4v) is 2.54. The van der Waals surface area contributed by atoms with E-state index in [9.17, 15) is 13.2 Å². The summed E-state index contributed by atoms with van der Waals surface area (Å²) in [5.41, 5.74) is 0.319. The van der Waals surface area contributed by atoms with Crippen LogP contribution in [0.15, 0.2) is 24.3 Å². The predicted molar refractivity (Wildman–Crippen MR) is 54.6 cm³/mol. The number of thioether (sulfide) groups is 1. The van der Waals surface area contributed by atoms with Gasteiger partial charge in [0.1, 0.15) is 0 Å². The molecule has 0 saturated carbocycles. The van der Waals surface area contributed by atoms with Gasteiger partial charge < -0.3 is 5.32 Å². The normalized spacial score (nSPS) is 21.9. The van der Waals surface area contributed by atoms with Crippen LogP contribution in [0, 0.1) is 0 Å². The van der Waals surface area contributed by atoms with Crippen molar-refractivity contribution in [1.29, 1.82) is 0 Å². The fraction of sp³-hybridized carbons (Fsp3) is 0.400. The number of hydrogen-bond acceptors (Lipinski definition) is 2. The lowest BCUT2D eigenvalue weighted by atomic mass is 10.1. The Bertz CT molecular complexity index is 328. The highest BCUT2D eigenvalue weighted by molar-refractivity contribution is 7.99. The van der Waals surface area contributed by atoms with E-state index in [4.69, 9.17) is 0 Å². The summed E-state index contributed by atoms with van der Waals surface area (Å²) in [6.07, 6.45) is -4.24. The first-order valence-electron chi connectivity index (χ1n) is 4.59. The van der Waals surface area contributed by atoms with Crippen molar-refractivity contribution < 1.29 is 13.2 Å². The Morgan fingerprint density at radius 2 is 1.87 bits per heavy atom. The van der Waals surface area contributed by atoms with Gasteiger partial charge in [-0.2, -0.15) is 13.2 Å². The maximum Gasteiger partial charge on any atom is 0.416 e. The molecule has 0 amide bonds. The molecule has 1 fully saturated rings. The zero-order chi connectivity index (χ0) is 10.9. The van der Waals surface area contributed by atoms with E-state index in [1.165, 1.54) is 0 Å². The Labute approximate surface area is 90.1 Å². The van der Waals surface area contributed by atoms with Crippen LogP contribution < -0.4 is 5.32 Å². The van der Waals surface area contributed by atoms with Crippen LogP contribution in [-0.4, -0.2) is 12.3 Å². The Morgan fingerprint density at radius 3 is 2.33 bits per heavy atom. The maximum absolute atomic E-state index is 12.3. The van der Waals surface area contributed by atoms with Crippen LogP contribution in [-0.2, 0) is 6.18 Å². The minimum Gasteiger partial charge on any atom is -0.301 e. The second-order valence-electron chi connectivity index (χ2n) is 3.32. The van der Waals surface area contributed by atoms with Crippen LogP contribution in [0.3, 0.4) is 0 Å². The molecule has 1 N–H and O–H groups in total. The zero-order valence-corrected chi connectivity index (χ0v) is 8.66. The van der Waals surface area contributed by atoms with Crippen molar-refractivity contribution in [3.8, 4) is 0 Å². The molecule has 1 aromatic carbocycles. The van der Waals surface area contributed by atoms with Crippen molar-refractivity contribution in [3.05, 3.63) is 35.4 Å². The van der Waals surface area contributed by atoms with E-state index in [1.807, 2.05) is 0 Å². The number of nitrogens with one attached hydrogen (secondary N) is 1. The van der Waals surface area contributed by atoms with Crippen LogP contribution in [0.5, 0.6) is 0 Å². The van der Waals surface area contributed by atoms with Crippen molar-refractivity contribution in [2.75, 3.05) is 12.3 Å². The van der Waals surface area contributed by atoms with Crippen molar-refractivity contribution in [3.63, 3.8) is 0 Å². The molecule has 0 spiro atoms. The molecule has 1 saturated heterocycles. The third kappa shape index (κ3) is 2.46. The molecule has 2 rings (SSSR count). The Morgan fingerprint density at radius 1 is 1.20 bits per heavy atom. The quantitative estimate of drug-likeness (QED) is 0.800. The van der Waals surface area contributed by atoms with E-state index in [2.05, 4.69) is 5.32 Å². The molecule has 1 heterocycles. The van der Waals surface area contributed by atoms with Gasteiger partial charge in [0.25, 0.3) is 0 Å². The average molecular weight is 233 g/mol. The molecule has 0 aliphatic carbocycles. The SMILES string of the molecule is FC(F)(F)c1ccc([C@H]2NCCS2)cc1. The topological polar surface area (TPSA) is 12.0 Å². The summed E-state index contributed by atoms with van der Waals surface area (Å²) in [6, 6.07) is 5.35. The first-order valence-corrected chi connectivity index (χ1v) is 5.64. The monoisotopic (exact) mass is 233 g/mol. The number of rotatable bonds is 1. The molecule has 82 valence electrons. The van der Waals surface area contributed by atoms with Crippen molar-refractivity contribution in [2.45, 2.75) is 11.6 Å². The van der Waals surface area contributed by atoms with Gasteiger partial charge in [0.15, 0.2) is 0 Å². The fourth-order valence-electron chi connectivity index (χ4n) is 1.49. The molecule has 1 nitrogen and oxygen atoms in total. The highest BCUT2D eigenvalue weighted by Gasteiger charge is 2.30. The summed E-state index contributed by atoms with van der Waals surface area (Å²) in [5, 5.41) is 3.36. The predicted octanol–water partition coefficient (Wildman–Crippen LogP) is 3.04. The molecule has 1 aromatic rings. The van der Waals surface area contributed by atoms with E-state index >= 15 is 0 Å². The molecular weight excluding hydrogens is 223 g/mol. The van der Waals surface area contributed by atoms with E-state index in [1.54, 1.807) is 23.9 Å². The number of benzene rings is 1. The molecule has 0 unspecified atom stereocenters. The summed E-state index contributed by atoms with van der Waals surface area (Å²) < 4.78 is 36.8. The van der Waals surface area contributed by atoms with Gasteiger partial charge in [0, 0.05) is 12.3 Å². The van der Waals surface area contributed by atoms with E-state index < -0.39 is 11.7 Å². The molecule has 5 heteroatoms. The Hall–Kier alpha value is -0.680. The minimum absolute atomic E-state index is 0.146. The molecular formula is C10H10F3NS.